The van der Waals surface area contributed by atoms with Gasteiger partial charge in [-0.1, -0.05) is 17.7 Å². The summed E-state index contributed by atoms with van der Waals surface area (Å²) in [6.07, 6.45) is 0.000191. The van der Waals surface area contributed by atoms with Gasteiger partial charge in [0.05, 0.1) is 6.54 Å². The number of benzene rings is 1. The molecule has 0 spiro atoms. The lowest BCUT2D eigenvalue weighted by Crippen LogP contribution is -2.35. The fraction of sp³-hybridized carbons (Fsp3) is 0.364. The van der Waals surface area contributed by atoms with E-state index < -0.39 is 0 Å². The van der Waals surface area contributed by atoms with E-state index in [0.29, 0.717) is 0 Å². The lowest BCUT2D eigenvalue weighted by atomic mass is 10.2. The molecule has 0 radical (unpaired) electrons. The third kappa shape index (κ3) is 1.96. The van der Waals surface area contributed by atoms with E-state index in [0.717, 1.165) is 17.3 Å². The monoisotopic (exact) mass is 222 g/mol. The second-order valence-electron chi connectivity index (χ2n) is 3.58. The van der Waals surface area contributed by atoms with Crippen LogP contribution in [0.3, 0.4) is 0 Å². The van der Waals surface area contributed by atoms with Gasteiger partial charge in [-0.05, 0) is 31.3 Å². The SMILES string of the molecule is COC1CNC(=S)N1c1ccc(C)cc1. The number of thiocarbonyl (C=S) groups is 1. The minimum atomic E-state index is 0.000191. The fourth-order valence-electron chi connectivity index (χ4n) is 1.66. The van der Waals surface area contributed by atoms with Gasteiger partial charge in [0.1, 0.15) is 0 Å². The summed E-state index contributed by atoms with van der Waals surface area (Å²) >= 11 is 5.23. The number of anilines is 1. The zero-order chi connectivity index (χ0) is 10.8. The molecule has 1 fully saturated rings. The molecule has 0 aromatic heterocycles. The summed E-state index contributed by atoms with van der Waals surface area (Å²) in [7, 11) is 1.70. The predicted octanol–water partition coefficient (Wildman–Crippen LogP) is 1.66. The van der Waals surface area contributed by atoms with Gasteiger partial charge < -0.3 is 10.1 Å². The Labute approximate surface area is 95.0 Å². The largest absolute Gasteiger partial charge is 0.359 e. The first-order valence-electron chi connectivity index (χ1n) is 4.89. The number of nitrogens with zero attached hydrogens (tertiary/aromatic N) is 1. The average Bonchev–Trinajstić information content (AvgIpc) is 2.61. The minimum Gasteiger partial charge on any atom is -0.359 e. The van der Waals surface area contributed by atoms with E-state index in [1.165, 1.54) is 5.56 Å². The van der Waals surface area contributed by atoms with Gasteiger partial charge in [0.2, 0.25) is 0 Å². The minimum absolute atomic E-state index is 0.000191. The molecular weight excluding hydrogens is 208 g/mol. The maximum Gasteiger partial charge on any atom is 0.175 e. The average molecular weight is 222 g/mol. The third-order valence-electron chi connectivity index (χ3n) is 2.52. The van der Waals surface area contributed by atoms with Crippen LogP contribution in [-0.2, 0) is 4.74 Å². The van der Waals surface area contributed by atoms with Crippen molar-refractivity contribution in [2.24, 2.45) is 0 Å². The van der Waals surface area contributed by atoms with E-state index in [1.807, 2.05) is 4.90 Å². The number of ether oxygens (including phenoxy) is 1. The molecule has 15 heavy (non-hydrogen) atoms. The van der Waals surface area contributed by atoms with Gasteiger partial charge in [-0.15, -0.1) is 0 Å². The van der Waals surface area contributed by atoms with Crippen molar-refractivity contribution in [1.29, 1.82) is 0 Å². The van der Waals surface area contributed by atoms with E-state index in [1.54, 1.807) is 7.11 Å². The molecule has 0 bridgehead atoms. The molecule has 80 valence electrons. The van der Waals surface area contributed by atoms with Gasteiger partial charge >= 0.3 is 0 Å². The zero-order valence-corrected chi connectivity index (χ0v) is 9.67. The van der Waals surface area contributed by atoms with Crippen molar-refractivity contribution in [3.05, 3.63) is 29.8 Å². The summed E-state index contributed by atoms with van der Waals surface area (Å²) in [6.45, 7) is 2.81. The van der Waals surface area contributed by atoms with Crippen LogP contribution in [0.2, 0.25) is 0 Å². The maximum atomic E-state index is 5.35. The number of rotatable bonds is 2. The van der Waals surface area contributed by atoms with Gasteiger partial charge in [-0.2, -0.15) is 0 Å². The van der Waals surface area contributed by atoms with Crippen molar-refractivity contribution in [3.63, 3.8) is 0 Å². The van der Waals surface area contributed by atoms with Crippen molar-refractivity contribution < 1.29 is 4.74 Å². The fourth-order valence-corrected chi connectivity index (χ4v) is 1.97. The molecule has 1 aliphatic heterocycles. The number of nitrogens with one attached hydrogen (secondary N) is 1. The highest BCUT2D eigenvalue weighted by Gasteiger charge is 2.28. The third-order valence-corrected chi connectivity index (χ3v) is 2.86. The molecule has 2 rings (SSSR count). The molecule has 1 atom stereocenters. The number of hydrogen-bond acceptors (Lipinski definition) is 2. The lowest BCUT2D eigenvalue weighted by Gasteiger charge is -2.23. The standard InChI is InChI=1S/C11H14N2OS/c1-8-3-5-9(6-4-8)13-10(14-2)7-12-11(13)15/h3-6,10H,7H2,1-2H3,(H,12,15). The Morgan fingerprint density at radius 3 is 2.67 bits per heavy atom. The van der Waals surface area contributed by atoms with Crippen LogP contribution in [0.1, 0.15) is 5.56 Å². The summed E-state index contributed by atoms with van der Waals surface area (Å²) in [5.41, 5.74) is 2.31. The molecule has 0 saturated carbocycles. The van der Waals surface area contributed by atoms with Gasteiger partial charge in [-0.3, -0.25) is 4.90 Å². The predicted molar refractivity (Wildman–Crippen MR) is 65.1 cm³/mol. The molecule has 0 aliphatic carbocycles. The quantitative estimate of drug-likeness (QED) is 0.769. The van der Waals surface area contributed by atoms with Crippen LogP contribution in [0.4, 0.5) is 5.69 Å². The van der Waals surface area contributed by atoms with Gasteiger partial charge in [0, 0.05) is 12.8 Å². The van der Waals surface area contributed by atoms with Crippen LogP contribution in [0, 0.1) is 6.92 Å². The van der Waals surface area contributed by atoms with Gasteiger partial charge in [-0.25, -0.2) is 0 Å². The molecular formula is C11H14N2OS. The van der Waals surface area contributed by atoms with Crippen molar-refractivity contribution in [2.75, 3.05) is 18.6 Å². The molecule has 1 aromatic rings. The van der Waals surface area contributed by atoms with Crippen molar-refractivity contribution in [1.82, 2.24) is 5.32 Å². The topological polar surface area (TPSA) is 24.5 Å². The smallest absolute Gasteiger partial charge is 0.175 e. The summed E-state index contributed by atoms with van der Waals surface area (Å²) in [4.78, 5) is 1.99. The van der Waals surface area contributed by atoms with Crippen LogP contribution in [0.25, 0.3) is 0 Å². The van der Waals surface area contributed by atoms with Crippen LogP contribution >= 0.6 is 12.2 Å². The lowest BCUT2D eigenvalue weighted by molar-refractivity contribution is 0.123. The summed E-state index contributed by atoms with van der Waals surface area (Å²) < 4.78 is 5.35. The zero-order valence-electron chi connectivity index (χ0n) is 8.86. The molecule has 1 aliphatic rings. The number of hydrogen-bond donors (Lipinski definition) is 1. The van der Waals surface area contributed by atoms with Crippen molar-refractivity contribution in [3.8, 4) is 0 Å². The van der Waals surface area contributed by atoms with Gasteiger partial charge in [0.15, 0.2) is 11.3 Å². The van der Waals surface area contributed by atoms with Crippen LogP contribution < -0.4 is 10.2 Å². The summed E-state index contributed by atoms with van der Waals surface area (Å²) in [6, 6.07) is 8.26. The highest BCUT2D eigenvalue weighted by Crippen LogP contribution is 2.21. The van der Waals surface area contributed by atoms with Crippen LogP contribution in [0.15, 0.2) is 24.3 Å². The van der Waals surface area contributed by atoms with E-state index >= 15 is 0 Å². The Morgan fingerprint density at radius 1 is 1.40 bits per heavy atom. The molecule has 3 nitrogen and oxygen atoms in total. The second kappa shape index (κ2) is 4.16. The van der Waals surface area contributed by atoms with Crippen molar-refractivity contribution >= 4 is 23.0 Å². The summed E-state index contributed by atoms with van der Waals surface area (Å²) in [5.74, 6) is 0. The Morgan fingerprint density at radius 2 is 2.07 bits per heavy atom. The van der Waals surface area contributed by atoms with E-state index in [4.69, 9.17) is 17.0 Å². The Hall–Kier alpha value is -1.13. The van der Waals surface area contributed by atoms with E-state index in [9.17, 15) is 0 Å². The highest BCUT2D eigenvalue weighted by atomic mass is 32.1. The van der Waals surface area contributed by atoms with E-state index in [2.05, 4.69) is 36.5 Å². The first kappa shape index (κ1) is 10.4. The number of aryl methyl sites for hydroxylation is 1. The molecule has 1 unspecified atom stereocenters. The Kier molecular flexibility index (Phi) is 2.88. The molecule has 1 heterocycles. The van der Waals surface area contributed by atoms with Crippen molar-refractivity contribution in [2.45, 2.75) is 13.2 Å². The first-order valence-corrected chi connectivity index (χ1v) is 5.29. The molecule has 1 saturated heterocycles. The Balaban J connectivity index is 2.28. The molecule has 1 N–H and O–H groups in total. The Bertz CT molecular complexity index is 363. The van der Waals surface area contributed by atoms with Crippen LogP contribution in [0.5, 0.6) is 0 Å². The normalized spacial score (nSPS) is 20.5. The highest BCUT2D eigenvalue weighted by molar-refractivity contribution is 7.80. The molecule has 4 heteroatoms. The van der Waals surface area contributed by atoms with E-state index in [-0.39, 0.29) is 6.23 Å². The first-order chi connectivity index (χ1) is 7.22. The summed E-state index contributed by atoms with van der Waals surface area (Å²) in [5, 5.41) is 3.84. The molecule has 0 amide bonds. The molecule has 1 aromatic carbocycles. The maximum absolute atomic E-state index is 5.35. The van der Waals surface area contributed by atoms with Gasteiger partial charge in [0.25, 0.3) is 0 Å². The number of methoxy groups -OCH3 is 1. The second-order valence-corrected chi connectivity index (χ2v) is 3.97. The van der Waals surface area contributed by atoms with Crippen LogP contribution in [-0.4, -0.2) is 25.0 Å².